The molecule has 3 atom stereocenters. The van der Waals surface area contributed by atoms with E-state index >= 15 is 0 Å². The van der Waals surface area contributed by atoms with E-state index in [1.54, 1.807) is 6.07 Å². The topological polar surface area (TPSA) is 60.4 Å². The number of rotatable bonds is 9. The number of sulfone groups is 1. The lowest BCUT2D eigenvalue weighted by molar-refractivity contribution is -0.118. The Balaban J connectivity index is 1.50. The van der Waals surface area contributed by atoms with Gasteiger partial charge in [0.2, 0.25) is 0 Å². The molecule has 3 rings (SSSR count). The first-order valence-corrected chi connectivity index (χ1v) is 12.9. The van der Waals surface area contributed by atoms with Crippen molar-refractivity contribution in [2.24, 2.45) is 5.92 Å². The molecule has 7 heteroatoms. The molecule has 168 valence electrons. The first-order valence-electron chi connectivity index (χ1n) is 10.5. The number of carbonyl (C=O) groups is 1. The third kappa shape index (κ3) is 7.04. The Kier molecular flexibility index (Phi) is 7.76. The molecule has 0 amide bonds. The molecule has 1 fully saturated rings. The third-order valence-corrected chi connectivity index (χ3v) is 7.05. The predicted octanol–water partition coefficient (Wildman–Crippen LogP) is 5.55. The lowest BCUT2D eigenvalue weighted by atomic mass is 9.88. The van der Waals surface area contributed by atoms with Gasteiger partial charge in [-0.25, -0.2) is 12.8 Å². The summed E-state index contributed by atoms with van der Waals surface area (Å²) in [5.41, 5.74) is 2.32. The number of Topliss-reactive ketones (excluding diaryl/α,β-unsaturated/α-hetero) is 1. The van der Waals surface area contributed by atoms with Crippen molar-refractivity contribution < 1.29 is 22.3 Å². The summed E-state index contributed by atoms with van der Waals surface area (Å²) in [7, 11) is -3.33. The van der Waals surface area contributed by atoms with Gasteiger partial charge in [-0.2, -0.15) is 0 Å². The molecule has 0 aromatic heterocycles. The van der Waals surface area contributed by atoms with Crippen molar-refractivity contribution in [3.05, 3.63) is 64.4 Å². The summed E-state index contributed by atoms with van der Waals surface area (Å²) in [5, 5.41) is 0.175. The molecule has 2 aromatic carbocycles. The van der Waals surface area contributed by atoms with Crippen LogP contribution in [0.2, 0.25) is 5.02 Å². The second-order valence-electron chi connectivity index (χ2n) is 8.65. The highest BCUT2D eigenvalue weighted by atomic mass is 35.5. The molecule has 31 heavy (non-hydrogen) atoms. The second-order valence-corrected chi connectivity index (χ2v) is 11.2. The maximum atomic E-state index is 13.4. The Morgan fingerprint density at radius 3 is 2.55 bits per heavy atom. The number of benzene rings is 2. The van der Waals surface area contributed by atoms with Gasteiger partial charge in [0, 0.05) is 6.26 Å². The Hall–Kier alpha value is -1.92. The molecule has 2 aromatic rings. The van der Waals surface area contributed by atoms with Crippen LogP contribution in [-0.2, 0) is 14.6 Å². The van der Waals surface area contributed by atoms with Crippen LogP contribution in [0.4, 0.5) is 4.39 Å². The van der Waals surface area contributed by atoms with E-state index in [1.807, 2.05) is 30.3 Å². The third-order valence-electron chi connectivity index (χ3n) is 5.92. The normalized spacial score (nSPS) is 19.9. The van der Waals surface area contributed by atoms with E-state index in [2.05, 4.69) is 6.92 Å². The zero-order valence-corrected chi connectivity index (χ0v) is 19.4. The van der Waals surface area contributed by atoms with E-state index in [9.17, 15) is 17.6 Å². The van der Waals surface area contributed by atoms with Crippen LogP contribution in [0.1, 0.15) is 55.6 Å². The lowest BCUT2D eigenvalue weighted by Gasteiger charge is -2.18. The van der Waals surface area contributed by atoms with Crippen LogP contribution >= 0.6 is 11.6 Å². The smallest absolute Gasteiger partial charge is 0.185 e. The van der Waals surface area contributed by atoms with Crippen molar-refractivity contribution >= 4 is 27.2 Å². The Bertz CT molecular complexity index is 1020. The highest BCUT2D eigenvalue weighted by Crippen LogP contribution is 2.42. The number of ether oxygens (including phenoxy) is 1. The lowest BCUT2D eigenvalue weighted by Crippen LogP contribution is -2.20. The molecule has 1 aliphatic carbocycles. The van der Waals surface area contributed by atoms with E-state index in [4.69, 9.17) is 16.3 Å². The molecule has 0 aliphatic heterocycles. The molecule has 0 spiro atoms. The SMILES string of the molecule is C[C@@H](CC1CC[C@@H](c2ccc(OCC(=O)CS(C)(=O)=O)cc2)C1)c1ccc(F)c(Cl)c1. The fraction of sp³-hybridized carbons (Fsp3) is 0.458. The molecule has 0 bridgehead atoms. The van der Waals surface area contributed by atoms with E-state index in [-0.39, 0.29) is 17.4 Å². The van der Waals surface area contributed by atoms with Crippen LogP contribution in [0.15, 0.2) is 42.5 Å². The number of halogens is 2. The van der Waals surface area contributed by atoms with Crippen LogP contribution in [-0.4, -0.2) is 32.8 Å². The summed E-state index contributed by atoms with van der Waals surface area (Å²) in [4.78, 5) is 11.6. The monoisotopic (exact) mass is 466 g/mol. The van der Waals surface area contributed by atoms with Gasteiger partial charge in [-0.05, 0) is 78.8 Å². The van der Waals surface area contributed by atoms with Crippen LogP contribution in [0.25, 0.3) is 0 Å². The molecule has 0 radical (unpaired) electrons. The quantitative estimate of drug-likeness (QED) is 0.486. The van der Waals surface area contributed by atoms with Gasteiger partial charge < -0.3 is 4.74 Å². The Morgan fingerprint density at radius 1 is 1.19 bits per heavy atom. The fourth-order valence-corrected chi connectivity index (χ4v) is 5.24. The Labute approximate surface area is 188 Å². The summed E-state index contributed by atoms with van der Waals surface area (Å²) in [6.45, 7) is 1.91. The standard InChI is InChI=1S/C24H28ClFO4S/c1-16(19-7-10-24(26)23(25)13-19)11-17-3-4-20(12-17)18-5-8-22(9-6-18)30-14-21(27)15-31(2,28)29/h5-10,13,16-17,20H,3-4,11-12,14-15H2,1-2H3/t16-,17?,20+/m0/s1. The fourth-order valence-electron chi connectivity index (χ4n) is 4.38. The zero-order chi connectivity index (χ0) is 22.6. The second kappa shape index (κ2) is 10.1. The number of ketones is 1. The molecular weight excluding hydrogens is 439 g/mol. The van der Waals surface area contributed by atoms with E-state index in [0.29, 0.717) is 23.5 Å². The molecule has 0 N–H and O–H groups in total. The molecule has 1 unspecified atom stereocenters. The van der Waals surface area contributed by atoms with Crippen molar-refractivity contribution in [1.82, 2.24) is 0 Å². The number of hydrogen-bond acceptors (Lipinski definition) is 4. The summed E-state index contributed by atoms with van der Waals surface area (Å²) in [6.07, 6.45) is 5.45. The molecule has 0 saturated heterocycles. The van der Waals surface area contributed by atoms with E-state index in [1.165, 1.54) is 11.6 Å². The molecule has 1 saturated carbocycles. The van der Waals surface area contributed by atoms with E-state index < -0.39 is 21.4 Å². The number of carbonyl (C=O) groups excluding carboxylic acids is 1. The summed E-state index contributed by atoms with van der Waals surface area (Å²) < 4.78 is 41.1. The first-order chi connectivity index (χ1) is 14.6. The minimum Gasteiger partial charge on any atom is -0.486 e. The first kappa shape index (κ1) is 23.7. The van der Waals surface area contributed by atoms with Crippen LogP contribution in [0.3, 0.4) is 0 Å². The molecular formula is C24H28ClFO4S. The van der Waals surface area contributed by atoms with Gasteiger partial charge in [0.05, 0.1) is 5.02 Å². The minimum atomic E-state index is -3.33. The van der Waals surface area contributed by atoms with Crippen LogP contribution in [0.5, 0.6) is 5.75 Å². The van der Waals surface area contributed by atoms with Gasteiger partial charge in [0.25, 0.3) is 0 Å². The van der Waals surface area contributed by atoms with E-state index in [0.717, 1.165) is 37.5 Å². The van der Waals surface area contributed by atoms with Crippen LogP contribution in [0, 0.1) is 11.7 Å². The van der Waals surface area contributed by atoms with Gasteiger partial charge >= 0.3 is 0 Å². The van der Waals surface area contributed by atoms with Gasteiger partial charge in [-0.15, -0.1) is 0 Å². The Morgan fingerprint density at radius 2 is 1.90 bits per heavy atom. The van der Waals surface area contributed by atoms with Crippen molar-refractivity contribution in [3.63, 3.8) is 0 Å². The van der Waals surface area contributed by atoms with Crippen LogP contribution < -0.4 is 4.74 Å². The van der Waals surface area contributed by atoms with Gasteiger partial charge in [-0.3, -0.25) is 4.79 Å². The van der Waals surface area contributed by atoms with Gasteiger partial charge in [-0.1, -0.05) is 36.7 Å². The van der Waals surface area contributed by atoms with Crippen molar-refractivity contribution in [1.29, 1.82) is 0 Å². The summed E-state index contributed by atoms with van der Waals surface area (Å²) in [6, 6.07) is 12.7. The minimum absolute atomic E-state index is 0.175. The number of hydrogen-bond donors (Lipinski definition) is 0. The summed E-state index contributed by atoms with van der Waals surface area (Å²) in [5.74, 6) is 0.622. The molecule has 1 aliphatic rings. The van der Waals surface area contributed by atoms with Gasteiger partial charge in [0.1, 0.15) is 23.9 Å². The average molecular weight is 467 g/mol. The van der Waals surface area contributed by atoms with Gasteiger partial charge in [0.15, 0.2) is 15.6 Å². The molecule has 0 heterocycles. The summed E-state index contributed by atoms with van der Waals surface area (Å²) >= 11 is 5.93. The zero-order valence-electron chi connectivity index (χ0n) is 17.8. The average Bonchev–Trinajstić information content (AvgIpc) is 3.16. The maximum absolute atomic E-state index is 13.4. The largest absolute Gasteiger partial charge is 0.486 e. The highest BCUT2D eigenvalue weighted by Gasteiger charge is 2.27. The highest BCUT2D eigenvalue weighted by molar-refractivity contribution is 7.91. The molecule has 4 nitrogen and oxygen atoms in total. The van der Waals surface area contributed by atoms with Crippen molar-refractivity contribution in [2.75, 3.05) is 18.6 Å². The maximum Gasteiger partial charge on any atom is 0.185 e. The van der Waals surface area contributed by atoms with Crippen molar-refractivity contribution in [2.45, 2.75) is 44.4 Å². The predicted molar refractivity (Wildman–Crippen MR) is 121 cm³/mol. The van der Waals surface area contributed by atoms with Crippen molar-refractivity contribution in [3.8, 4) is 5.75 Å².